The van der Waals surface area contributed by atoms with E-state index in [1.54, 1.807) is 18.6 Å². The lowest BCUT2D eigenvalue weighted by molar-refractivity contribution is 0.0909. The van der Waals surface area contributed by atoms with Crippen molar-refractivity contribution in [3.05, 3.63) is 24.3 Å². The SMILES string of the molecule is O=C(c1cnccn1)C1CC2CC2C1. The molecule has 2 saturated carbocycles. The van der Waals surface area contributed by atoms with Gasteiger partial charge in [0.1, 0.15) is 5.69 Å². The maximum absolute atomic E-state index is 11.9. The van der Waals surface area contributed by atoms with Crippen LogP contribution in [0, 0.1) is 17.8 Å². The highest BCUT2D eigenvalue weighted by atomic mass is 16.1. The summed E-state index contributed by atoms with van der Waals surface area (Å²) in [6.07, 6.45) is 8.28. The van der Waals surface area contributed by atoms with Gasteiger partial charge in [0.05, 0.1) is 6.20 Å². The first-order valence-corrected chi connectivity index (χ1v) is 5.15. The average Bonchev–Trinajstić information content (AvgIpc) is 2.86. The summed E-state index contributed by atoms with van der Waals surface area (Å²) in [6, 6.07) is 0. The minimum Gasteiger partial charge on any atom is -0.292 e. The summed E-state index contributed by atoms with van der Waals surface area (Å²) in [7, 11) is 0. The fourth-order valence-electron chi connectivity index (χ4n) is 2.56. The zero-order valence-electron chi connectivity index (χ0n) is 7.89. The van der Waals surface area contributed by atoms with Gasteiger partial charge in [-0.05, 0) is 31.1 Å². The zero-order chi connectivity index (χ0) is 9.54. The van der Waals surface area contributed by atoms with Crippen LogP contribution < -0.4 is 0 Å². The van der Waals surface area contributed by atoms with Crippen LogP contribution in [0.2, 0.25) is 0 Å². The van der Waals surface area contributed by atoms with Crippen LogP contribution in [0.5, 0.6) is 0 Å². The molecule has 0 aromatic carbocycles. The Labute approximate surface area is 82.6 Å². The third-order valence-electron chi connectivity index (χ3n) is 3.43. The van der Waals surface area contributed by atoms with Crippen LogP contribution >= 0.6 is 0 Å². The van der Waals surface area contributed by atoms with Crippen molar-refractivity contribution in [2.24, 2.45) is 17.8 Å². The number of hydrogen-bond donors (Lipinski definition) is 0. The molecule has 2 atom stereocenters. The van der Waals surface area contributed by atoms with Gasteiger partial charge in [0.15, 0.2) is 5.78 Å². The Hall–Kier alpha value is -1.25. The second-order valence-electron chi connectivity index (χ2n) is 4.38. The summed E-state index contributed by atoms with van der Waals surface area (Å²) < 4.78 is 0. The standard InChI is InChI=1S/C11H12N2O/c14-11(10-6-12-1-2-13-10)9-4-7-3-8(7)5-9/h1-2,6-9H,3-5H2. The van der Waals surface area contributed by atoms with Crippen LogP contribution in [0.4, 0.5) is 0 Å². The first-order valence-electron chi connectivity index (χ1n) is 5.15. The minimum atomic E-state index is 0.199. The number of rotatable bonds is 2. The molecule has 0 N–H and O–H groups in total. The van der Waals surface area contributed by atoms with Crippen LogP contribution in [0.25, 0.3) is 0 Å². The Balaban J connectivity index is 1.77. The number of ketones is 1. The van der Waals surface area contributed by atoms with E-state index in [1.807, 2.05) is 0 Å². The lowest BCUT2D eigenvalue weighted by Crippen LogP contribution is -2.14. The summed E-state index contributed by atoms with van der Waals surface area (Å²) in [5, 5.41) is 0. The van der Waals surface area contributed by atoms with Gasteiger partial charge in [0.2, 0.25) is 0 Å². The molecule has 1 heterocycles. The van der Waals surface area contributed by atoms with Crippen molar-refractivity contribution < 1.29 is 4.79 Å². The van der Waals surface area contributed by atoms with Crippen molar-refractivity contribution in [2.45, 2.75) is 19.3 Å². The monoisotopic (exact) mass is 188 g/mol. The molecule has 0 radical (unpaired) electrons. The highest BCUT2D eigenvalue weighted by Crippen LogP contribution is 2.54. The maximum atomic E-state index is 11.9. The second-order valence-corrected chi connectivity index (χ2v) is 4.38. The molecule has 14 heavy (non-hydrogen) atoms. The molecule has 2 aliphatic rings. The molecule has 3 nitrogen and oxygen atoms in total. The van der Waals surface area contributed by atoms with Crippen molar-refractivity contribution in [2.75, 3.05) is 0 Å². The first kappa shape index (κ1) is 8.09. The average molecular weight is 188 g/mol. The van der Waals surface area contributed by atoms with E-state index in [1.165, 1.54) is 6.42 Å². The fraction of sp³-hybridized carbons (Fsp3) is 0.545. The van der Waals surface area contributed by atoms with Gasteiger partial charge < -0.3 is 0 Å². The number of aromatic nitrogens is 2. The summed E-state index contributed by atoms with van der Waals surface area (Å²) in [6.45, 7) is 0. The van der Waals surface area contributed by atoms with E-state index < -0.39 is 0 Å². The highest BCUT2D eigenvalue weighted by molar-refractivity contribution is 5.96. The van der Waals surface area contributed by atoms with Gasteiger partial charge in [0.25, 0.3) is 0 Å². The Kier molecular flexibility index (Phi) is 1.66. The van der Waals surface area contributed by atoms with Crippen molar-refractivity contribution in [3.8, 4) is 0 Å². The summed E-state index contributed by atoms with van der Waals surface area (Å²) in [5.74, 6) is 2.13. The number of fused-ring (bicyclic) bond motifs is 1. The second kappa shape index (κ2) is 2.87. The Morgan fingerprint density at radius 2 is 2.00 bits per heavy atom. The molecule has 2 unspecified atom stereocenters. The lowest BCUT2D eigenvalue weighted by atomic mass is 9.96. The van der Waals surface area contributed by atoms with Gasteiger partial charge in [-0.1, -0.05) is 0 Å². The summed E-state index contributed by atoms with van der Waals surface area (Å²) >= 11 is 0. The van der Waals surface area contributed by atoms with Gasteiger partial charge in [-0.2, -0.15) is 0 Å². The van der Waals surface area contributed by atoms with Crippen molar-refractivity contribution in [3.63, 3.8) is 0 Å². The highest BCUT2D eigenvalue weighted by Gasteiger charge is 2.48. The van der Waals surface area contributed by atoms with Crippen LogP contribution in [0.15, 0.2) is 18.6 Å². The van der Waals surface area contributed by atoms with Crippen molar-refractivity contribution in [1.29, 1.82) is 0 Å². The Morgan fingerprint density at radius 1 is 1.21 bits per heavy atom. The first-order chi connectivity index (χ1) is 6.84. The third kappa shape index (κ3) is 1.24. The van der Waals surface area contributed by atoms with E-state index in [-0.39, 0.29) is 11.7 Å². The lowest BCUT2D eigenvalue weighted by Gasteiger charge is -2.08. The quantitative estimate of drug-likeness (QED) is 0.663. The van der Waals surface area contributed by atoms with Crippen LogP contribution in [0.3, 0.4) is 0 Å². The van der Waals surface area contributed by atoms with Gasteiger partial charge in [0, 0.05) is 18.3 Å². The number of carbonyl (C=O) groups excluding carboxylic acids is 1. The predicted octanol–water partition coefficient (Wildman–Crippen LogP) is 1.71. The zero-order valence-corrected chi connectivity index (χ0v) is 7.89. The number of nitrogens with zero attached hydrogens (tertiary/aromatic N) is 2. The Morgan fingerprint density at radius 3 is 2.64 bits per heavy atom. The molecule has 0 amide bonds. The van der Waals surface area contributed by atoms with Crippen molar-refractivity contribution >= 4 is 5.78 Å². The van der Waals surface area contributed by atoms with Crippen LogP contribution in [-0.2, 0) is 0 Å². The van der Waals surface area contributed by atoms with Gasteiger partial charge in [-0.25, -0.2) is 4.98 Å². The molecular weight excluding hydrogens is 176 g/mol. The van der Waals surface area contributed by atoms with Crippen LogP contribution in [-0.4, -0.2) is 15.8 Å². The third-order valence-corrected chi connectivity index (χ3v) is 3.43. The largest absolute Gasteiger partial charge is 0.292 e. The van der Waals surface area contributed by atoms with E-state index in [9.17, 15) is 4.79 Å². The van der Waals surface area contributed by atoms with Gasteiger partial charge >= 0.3 is 0 Å². The van der Waals surface area contributed by atoms with E-state index in [4.69, 9.17) is 0 Å². The fourth-order valence-corrected chi connectivity index (χ4v) is 2.56. The number of hydrogen-bond acceptors (Lipinski definition) is 3. The molecule has 0 aliphatic heterocycles. The van der Waals surface area contributed by atoms with E-state index in [0.29, 0.717) is 5.69 Å². The van der Waals surface area contributed by atoms with Crippen molar-refractivity contribution in [1.82, 2.24) is 9.97 Å². The molecule has 3 rings (SSSR count). The summed E-state index contributed by atoms with van der Waals surface area (Å²) in [4.78, 5) is 19.9. The predicted molar refractivity (Wildman–Crippen MR) is 50.7 cm³/mol. The van der Waals surface area contributed by atoms with Crippen LogP contribution in [0.1, 0.15) is 29.8 Å². The number of carbonyl (C=O) groups is 1. The minimum absolute atomic E-state index is 0.199. The van der Waals surface area contributed by atoms with Gasteiger partial charge in [-0.15, -0.1) is 0 Å². The molecule has 1 aromatic heterocycles. The number of Topliss-reactive ketones (excluding diaryl/α,β-unsaturated/α-hetero) is 1. The molecule has 0 spiro atoms. The topological polar surface area (TPSA) is 42.9 Å². The normalized spacial score (nSPS) is 33.9. The molecular formula is C11H12N2O. The van der Waals surface area contributed by atoms with Gasteiger partial charge in [-0.3, -0.25) is 9.78 Å². The van der Waals surface area contributed by atoms with E-state index >= 15 is 0 Å². The summed E-state index contributed by atoms with van der Waals surface area (Å²) in [5.41, 5.74) is 0.541. The molecule has 2 aliphatic carbocycles. The van der Waals surface area contributed by atoms with E-state index in [0.717, 1.165) is 24.7 Å². The molecule has 2 fully saturated rings. The van der Waals surface area contributed by atoms with E-state index in [2.05, 4.69) is 9.97 Å². The maximum Gasteiger partial charge on any atom is 0.185 e. The molecule has 3 heteroatoms. The Bertz CT molecular complexity index is 353. The smallest absolute Gasteiger partial charge is 0.185 e. The molecule has 0 bridgehead atoms. The molecule has 0 saturated heterocycles. The molecule has 1 aromatic rings. The molecule has 72 valence electrons.